The van der Waals surface area contributed by atoms with Crippen LogP contribution in [-0.2, 0) is 19.1 Å². The van der Waals surface area contributed by atoms with Crippen molar-refractivity contribution in [1.82, 2.24) is 0 Å². The Hall–Kier alpha value is -5.38. The number of ether oxygens (including phenoxy) is 3. The molecule has 16 heteroatoms. The van der Waals surface area contributed by atoms with Crippen LogP contribution in [0.5, 0.6) is 17.2 Å². The van der Waals surface area contributed by atoms with E-state index in [9.17, 15) is 57.6 Å². The maximum Gasteiger partial charge on any atom is 0.471 e. The van der Waals surface area contributed by atoms with Crippen LogP contribution in [0.15, 0.2) is 53.0 Å². The summed E-state index contributed by atoms with van der Waals surface area (Å²) in [7, 11) is 1.27. The Labute approximate surface area is 288 Å². The molecule has 0 aromatic heterocycles. The summed E-state index contributed by atoms with van der Waals surface area (Å²) in [6, 6.07) is 6.18. The smallest absolute Gasteiger partial charge is 0.471 e. The molecular weight excluding hydrogens is 683 g/mol. The number of aliphatic hydroxyl groups is 3. The van der Waals surface area contributed by atoms with Gasteiger partial charge < -0.3 is 40.0 Å². The lowest BCUT2D eigenvalue weighted by atomic mass is 9.63. The number of unbranched alkanes of at least 4 members (excludes halogenated alkanes) is 1. The zero-order chi connectivity index (χ0) is 37.6. The average molecular weight is 718 g/mol. The van der Waals surface area contributed by atoms with Crippen molar-refractivity contribution in [2.75, 3.05) is 19.0 Å². The molecule has 3 unspecified atom stereocenters. The highest BCUT2D eigenvalue weighted by molar-refractivity contribution is 6.19. The van der Waals surface area contributed by atoms with Crippen LogP contribution in [0, 0.1) is 18.8 Å². The van der Waals surface area contributed by atoms with E-state index in [2.05, 4.69) is 0 Å². The fraction of sp³-hybridized carbons (Fsp3) is 0.400. The SMILES string of the molecule is CCCCC(=O)OCC(=O)[C@]1(O)CC2=C(O)C3C(=O)c4cccc(OC)c4C(=O)C3C(O)=C2C(Oc2cc(C)c(O)c(NC(=O)C(F)(F)F)c2)C1. The molecule has 0 radical (unpaired) electrons. The number of esters is 1. The van der Waals surface area contributed by atoms with Crippen LogP contribution in [0.1, 0.15) is 65.3 Å². The second kappa shape index (κ2) is 13.7. The number of aryl methyl sites for hydroxylation is 1. The van der Waals surface area contributed by atoms with Gasteiger partial charge in [0.25, 0.3) is 0 Å². The van der Waals surface area contributed by atoms with E-state index < -0.39 is 101 Å². The van der Waals surface area contributed by atoms with E-state index in [1.807, 2.05) is 6.92 Å². The molecule has 1 amide bonds. The number of hydrogen-bond donors (Lipinski definition) is 5. The maximum atomic E-state index is 13.9. The molecule has 3 aliphatic rings. The zero-order valence-electron chi connectivity index (χ0n) is 27.6. The van der Waals surface area contributed by atoms with E-state index in [-0.39, 0.29) is 45.8 Å². The summed E-state index contributed by atoms with van der Waals surface area (Å²) >= 11 is 0. The molecule has 51 heavy (non-hydrogen) atoms. The molecule has 2 aromatic rings. The fourth-order valence-corrected chi connectivity index (χ4v) is 6.57. The van der Waals surface area contributed by atoms with E-state index in [4.69, 9.17) is 14.2 Å². The van der Waals surface area contributed by atoms with Gasteiger partial charge >= 0.3 is 18.1 Å². The molecule has 13 nitrogen and oxygen atoms in total. The topological polar surface area (TPSA) is 206 Å². The fourth-order valence-electron chi connectivity index (χ4n) is 6.57. The van der Waals surface area contributed by atoms with Crippen molar-refractivity contribution in [3.63, 3.8) is 0 Å². The number of phenolic OH excluding ortho intramolecular Hbond substituents is 1. The largest absolute Gasteiger partial charge is 0.511 e. The summed E-state index contributed by atoms with van der Waals surface area (Å²) in [6.07, 6.45) is -7.27. The molecule has 4 atom stereocenters. The number of aliphatic hydroxyl groups excluding tert-OH is 2. The third-order valence-electron chi connectivity index (χ3n) is 9.15. The molecule has 2 aromatic carbocycles. The third kappa shape index (κ3) is 6.74. The van der Waals surface area contributed by atoms with Crippen LogP contribution >= 0.6 is 0 Å². The monoisotopic (exact) mass is 717 g/mol. The van der Waals surface area contributed by atoms with Gasteiger partial charge in [-0.15, -0.1) is 0 Å². The summed E-state index contributed by atoms with van der Waals surface area (Å²) in [5.41, 5.74) is -4.15. The maximum absolute atomic E-state index is 13.9. The van der Waals surface area contributed by atoms with Crippen molar-refractivity contribution in [1.29, 1.82) is 0 Å². The molecule has 0 saturated heterocycles. The zero-order valence-corrected chi connectivity index (χ0v) is 27.6. The number of carbonyl (C=O) groups excluding carboxylic acids is 5. The van der Waals surface area contributed by atoms with Crippen molar-refractivity contribution in [3.8, 4) is 17.2 Å². The number of aromatic hydroxyl groups is 1. The minimum atomic E-state index is -5.32. The number of rotatable bonds is 10. The number of methoxy groups -OCH3 is 1. The number of fused-ring (bicyclic) bond motifs is 3. The first-order valence-electron chi connectivity index (χ1n) is 15.8. The van der Waals surface area contributed by atoms with Crippen LogP contribution in [0.3, 0.4) is 0 Å². The van der Waals surface area contributed by atoms with E-state index in [1.54, 1.807) is 0 Å². The van der Waals surface area contributed by atoms with Crippen molar-refractivity contribution in [2.45, 2.75) is 63.8 Å². The molecule has 0 spiro atoms. The first-order valence-corrected chi connectivity index (χ1v) is 15.8. The van der Waals surface area contributed by atoms with Gasteiger partial charge in [-0.05, 0) is 31.0 Å². The molecule has 3 aliphatic carbocycles. The van der Waals surface area contributed by atoms with Crippen molar-refractivity contribution >= 4 is 34.9 Å². The lowest BCUT2D eigenvalue weighted by Crippen LogP contribution is -2.52. The predicted octanol–water partition coefficient (Wildman–Crippen LogP) is 4.73. The predicted molar refractivity (Wildman–Crippen MR) is 170 cm³/mol. The second-order valence-corrected chi connectivity index (χ2v) is 12.5. The van der Waals surface area contributed by atoms with Gasteiger partial charge in [-0.25, -0.2) is 0 Å². The van der Waals surface area contributed by atoms with Crippen molar-refractivity contribution in [3.05, 3.63) is 69.7 Å². The second-order valence-electron chi connectivity index (χ2n) is 12.5. The van der Waals surface area contributed by atoms with Gasteiger partial charge in [0.15, 0.2) is 18.2 Å². The molecule has 5 N–H and O–H groups in total. The first kappa shape index (κ1) is 36.9. The van der Waals surface area contributed by atoms with Crippen molar-refractivity contribution in [2.24, 2.45) is 11.8 Å². The quantitative estimate of drug-likeness (QED) is 0.167. The molecule has 0 bridgehead atoms. The normalized spacial score (nSPS) is 22.8. The Morgan fingerprint density at radius 2 is 1.73 bits per heavy atom. The van der Waals surface area contributed by atoms with Gasteiger partial charge in [0.05, 0.1) is 30.2 Å². The number of phenols is 1. The lowest BCUT2D eigenvalue weighted by Gasteiger charge is -2.44. The average Bonchev–Trinajstić information content (AvgIpc) is 3.07. The van der Waals surface area contributed by atoms with Gasteiger partial charge in [-0.2, -0.15) is 13.2 Å². The summed E-state index contributed by atoms with van der Waals surface area (Å²) < 4.78 is 55.5. The minimum Gasteiger partial charge on any atom is -0.511 e. The Morgan fingerprint density at radius 1 is 1.04 bits per heavy atom. The summed E-state index contributed by atoms with van der Waals surface area (Å²) in [6.45, 7) is 2.21. The van der Waals surface area contributed by atoms with Crippen LogP contribution in [0.2, 0.25) is 0 Å². The van der Waals surface area contributed by atoms with E-state index >= 15 is 0 Å². The van der Waals surface area contributed by atoms with E-state index in [0.717, 1.165) is 12.1 Å². The number of hydrogen-bond acceptors (Lipinski definition) is 12. The summed E-state index contributed by atoms with van der Waals surface area (Å²) in [5.74, 6) is -11.7. The molecular formula is C35H34F3NO12. The number of amides is 1. The molecule has 0 aliphatic heterocycles. The van der Waals surface area contributed by atoms with Gasteiger partial charge in [-0.1, -0.05) is 25.5 Å². The van der Waals surface area contributed by atoms with Crippen molar-refractivity contribution < 1.29 is 71.8 Å². The Morgan fingerprint density at radius 3 is 2.37 bits per heavy atom. The van der Waals surface area contributed by atoms with Gasteiger partial charge in [-0.3, -0.25) is 24.0 Å². The number of Topliss-reactive ketones (excluding diaryl/α,β-unsaturated/α-hetero) is 3. The summed E-state index contributed by atoms with van der Waals surface area (Å²) in [5, 5.41) is 47.1. The van der Waals surface area contributed by atoms with Crippen LogP contribution in [-0.4, -0.2) is 81.3 Å². The van der Waals surface area contributed by atoms with Crippen LogP contribution < -0.4 is 14.8 Å². The van der Waals surface area contributed by atoms with Gasteiger partial charge in [0, 0.05) is 42.0 Å². The van der Waals surface area contributed by atoms with Crippen LogP contribution in [0.4, 0.5) is 18.9 Å². The highest BCUT2D eigenvalue weighted by atomic mass is 19.4. The molecule has 272 valence electrons. The Balaban J connectivity index is 1.61. The summed E-state index contributed by atoms with van der Waals surface area (Å²) in [4.78, 5) is 65.0. The molecule has 1 fully saturated rings. The standard InChI is InChI=1S/C35H34F3NO12/c1-4-5-9-23(41)50-14-22(40)34(48)12-18-25(21(13-34)51-16-10-15(2)28(42)19(11-16)39-33(47)35(36,37)38)32(46)27-26(30(18)44)29(43)17-7-6-8-20(49-3)24(17)31(27)45/h6-8,10-11,21,26-27,42,44,46,48H,4-5,9,12-14H2,1-3H3,(H,39,47)/t21?,26?,27?,34-/m0/s1. The Bertz CT molecular complexity index is 1900. The number of anilines is 1. The Kier molecular flexibility index (Phi) is 9.93. The molecule has 0 heterocycles. The number of ketones is 3. The number of benzene rings is 2. The van der Waals surface area contributed by atoms with Gasteiger partial charge in [0.1, 0.15) is 40.5 Å². The number of halogens is 3. The van der Waals surface area contributed by atoms with Gasteiger partial charge in [0.2, 0.25) is 5.78 Å². The number of allylic oxidation sites excluding steroid dienone is 2. The molecule has 5 rings (SSSR count). The van der Waals surface area contributed by atoms with E-state index in [0.29, 0.717) is 12.8 Å². The minimum absolute atomic E-state index is 0.000470. The highest BCUT2D eigenvalue weighted by Crippen LogP contribution is 2.52. The number of alkyl halides is 3. The van der Waals surface area contributed by atoms with E-state index in [1.165, 1.54) is 37.5 Å². The number of nitrogens with one attached hydrogen (secondary N) is 1. The first-order chi connectivity index (χ1) is 23.9. The third-order valence-corrected chi connectivity index (χ3v) is 9.15. The lowest BCUT2D eigenvalue weighted by molar-refractivity contribution is -0.167. The van der Waals surface area contributed by atoms with Crippen LogP contribution in [0.25, 0.3) is 0 Å². The highest BCUT2D eigenvalue weighted by Gasteiger charge is 2.56. The molecule has 1 saturated carbocycles. The number of carbonyl (C=O) groups is 5.